The van der Waals surface area contributed by atoms with Crippen LogP contribution >= 0.6 is 0 Å². The van der Waals surface area contributed by atoms with Crippen LogP contribution in [-0.2, 0) is 25.7 Å². The van der Waals surface area contributed by atoms with E-state index in [1.807, 2.05) is 13.8 Å². The van der Waals surface area contributed by atoms with Crippen molar-refractivity contribution in [3.05, 3.63) is 24.2 Å². The van der Waals surface area contributed by atoms with Crippen molar-refractivity contribution in [3.63, 3.8) is 0 Å². The largest absolute Gasteiger partial charge is 0.466 e. The topological polar surface area (TPSA) is 65.7 Å². The highest BCUT2D eigenvalue weighted by Crippen LogP contribution is 2.20. The lowest BCUT2D eigenvalue weighted by molar-refractivity contribution is -0.154. The first-order valence-electron chi connectivity index (χ1n) is 9.87. The number of ether oxygens (including phenoxy) is 2. The third kappa shape index (κ3) is 8.07. The van der Waals surface area contributed by atoms with E-state index in [0.717, 1.165) is 25.7 Å². The first-order chi connectivity index (χ1) is 12.5. The van der Waals surface area contributed by atoms with Crippen molar-refractivity contribution >= 4 is 11.9 Å². The maximum atomic E-state index is 12.3. The minimum absolute atomic E-state index is 0.122. The van der Waals surface area contributed by atoms with Gasteiger partial charge in [0.15, 0.2) is 0 Å². The molecule has 3 atom stereocenters. The van der Waals surface area contributed by atoms with Crippen LogP contribution < -0.4 is 0 Å². The molecule has 1 aromatic heterocycles. The van der Waals surface area contributed by atoms with Crippen LogP contribution in [0.3, 0.4) is 0 Å². The molecule has 0 aliphatic rings. The van der Waals surface area contributed by atoms with E-state index in [1.54, 1.807) is 18.4 Å². The number of esters is 2. The predicted molar refractivity (Wildman–Crippen MR) is 100 cm³/mol. The molecule has 26 heavy (non-hydrogen) atoms. The van der Waals surface area contributed by atoms with E-state index in [4.69, 9.17) is 13.9 Å². The van der Waals surface area contributed by atoms with E-state index in [9.17, 15) is 9.59 Å². The Balaban J connectivity index is 2.39. The summed E-state index contributed by atoms with van der Waals surface area (Å²) in [5.41, 5.74) is 0. The van der Waals surface area contributed by atoms with Gasteiger partial charge in [0, 0.05) is 0 Å². The van der Waals surface area contributed by atoms with Crippen molar-refractivity contribution in [2.24, 2.45) is 17.8 Å². The van der Waals surface area contributed by atoms with E-state index < -0.39 is 0 Å². The van der Waals surface area contributed by atoms with Gasteiger partial charge >= 0.3 is 11.9 Å². The van der Waals surface area contributed by atoms with Gasteiger partial charge in [0.2, 0.25) is 0 Å². The van der Waals surface area contributed by atoms with Gasteiger partial charge in [-0.2, -0.15) is 0 Å². The molecule has 0 aliphatic carbocycles. The molecule has 0 spiro atoms. The van der Waals surface area contributed by atoms with Gasteiger partial charge in [-0.05, 0) is 37.3 Å². The number of rotatable bonds is 13. The second kappa shape index (κ2) is 12.6. The molecule has 0 aliphatic heterocycles. The van der Waals surface area contributed by atoms with Gasteiger partial charge in [-0.1, -0.05) is 47.0 Å². The predicted octanol–water partition coefficient (Wildman–Crippen LogP) is 5.13. The average Bonchev–Trinajstić information content (AvgIpc) is 3.17. The van der Waals surface area contributed by atoms with Crippen molar-refractivity contribution in [2.45, 2.75) is 72.8 Å². The molecule has 148 valence electrons. The third-order valence-corrected chi connectivity index (χ3v) is 4.81. The van der Waals surface area contributed by atoms with Gasteiger partial charge in [-0.25, -0.2) is 0 Å². The summed E-state index contributed by atoms with van der Waals surface area (Å²) in [6.45, 7) is 8.62. The van der Waals surface area contributed by atoms with Crippen LogP contribution in [0.15, 0.2) is 22.8 Å². The zero-order valence-corrected chi connectivity index (χ0v) is 16.7. The van der Waals surface area contributed by atoms with Crippen LogP contribution in [0.2, 0.25) is 0 Å². The molecule has 5 nitrogen and oxygen atoms in total. The number of furan rings is 1. The third-order valence-electron chi connectivity index (χ3n) is 4.81. The Labute approximate surface area is 157 Å². The first-order valence-corrected chi connectivity index (χ1v) is 9.87. The summed E-state index contributed by atoms with van der Waals surface area (Å²) in [5.74, 6) is -0.116. The maximum Gasteiger partial charge on any atom is 0.309 e. The standard InChI is InChI=1S/C21H34O5/c1-5-8-10-17(6-2)14-25-20(22)16(4)13-18(7-3)21(23)26-15-19-11-9-12-24-19/h9,11-12,16-18H,5-8,10,13-15H2,1-4H3. The quantitative estimate of drug-likeness (QED) is 0.453. The molecule has 0 radical (unpaired) electrons. The van der Waals surface area contributed by atoms with Crippen molar-refractivity contribution < 1.29 is 23.5 Å². The highest BCUT2D eigenvalue weighted by Gasteiger charge is 2.26. The van der Waals surface area contributed by atoms with E-state index in [2.05, 4.69) is 13.8 Å². The van der Waals surface area contributed by atoms with Gasteiger partial charge < -0.3 is 13.9 Å². The summed E-state index contributed by atoms with van der Waals surface area (Å²) in [4.78, 5) is 24.5. The summed E-state index contributed by atoms with van der Waals surface area (Å²) in [5, 5.41) is 0. The lowest BCUT2D eigenvalue weighted by atomic mass is 9.93. The van der Waals surface area contributed by atoms with Crippen molar-refractivity contribution in [1.29, 1.82) is 0 Å². The lowest BCUT2D eigenvalue weighted by Crippen LogP contribution is -2.25. The molecule has 0 amide bonds. The molecule has 0 saturated carbocycles. The minimum Gasteiger partial charge on any atom is -0.466 e. The second-order valence-electron chi connectivity index (χ2n) is 6.98. The maximum absolute atomic E-state index is 12.3. The van der Waals surface area contributed by atoms with E-state index in [-0.39, 0.29) is 30.4 Å². The fourth-order valence-corrected chi connectivity index (χ4v) is 2.85. The normalized spacial score (nSPS) is 14.5. The number of carbonyl (C=O) groups is 2. The van der Waals surface area contributed by atoms with E-state index in [1.165, 1.54) is 0 Å². The Bertz CT molecular complexity index is 508. The van der Waals surface area contributed by atoms with Crippen LogP contribution in [-0.4, -0.2) is 18.5 Å². The van der Waals surface area contributed by atoms with Crippen LogP contribution in [0.25, 0.3) is 0 Å². The average molecular weight is 366 g/mol. The first kappa shape index (κ1) is 22.3. The van der Waals surface area contributed by atoms with Crippen LogP contribution in [0.5, 0.6) is 0 Å². The van der Waals surface area contributed by atoms with Crippen molar-refractivity contribution in [2.75, 3.05) is 6.61 Å². The molecule has 0 N–H and O–H groups in total. The molecule has 0 fully saturated rings. The fourth-order valence-electron chi connectivity index (χ4n) is 2.85. The molecule has 0 bridgehead atoms. The Morgan fingerprint density at radius 2 is 1.88 bits per heavy atom. The van der Waals surface area contributed by atoms with Crippen molar-refractivity contribution in [1.82, 2.24) is 0 Å². The van der Waals surface area contributed by atoms with Gasteiger partial charge in [-0.15, -0.1) is 0 Å². The number of hydrogen-bond donors (Lipinski definition) is 0. The van der Waals surface area contributed by atoms with Crippen LogP contribution in [0.4, 0.5) is 0 Å². The Morgan fingerprint density at radius 1 is 1.12 bits per heavy atom. The molecule has 0 saturated heterocycles. The lowest BCUT2D eigenvalue weighted by Gasteiger charge is -2.19. The van der Waals surface area contributed by atoms with E-state index >= 15 is 0 Å². The number of carbonyl (C=O) groups excluding carboxylic acids is 2. The highest BCUT2D eigenvalue weighted by molar-refractivity contribution is 5.75. The van der Waals surface area contributed by atoms with Crippen LogP contribution in [0.1, 0.15) is 72.0 Å². The van der Waals surface area contributed by atoms with E-state index in [0.29, 0.717) is 31.1 Å². The Morgan fingerprint density at radius 3 is 2.46 bits per heavy atom. The minimum atomic E-state index is -0.320. The Hall–Kier alpha value is -1.78. The SMILES string of the molecule is CCCCC(CC)COC(=O)C(C)CC(CC)C(=O)OCc1ccco1. The van der Waals surface area contributed by atoms with Gasteiger partial charge in [0.25, 0.3) is 0 Å². The molecule has 3 unspecified atom stereocenters. The molecule has 0 aromatic carbocycles. The molecule has 1 rings (SSSR count). The molecular formula is C21H34O5. The fraction of sp³-hybridized carbons (Fsp3) is 0.714. The summed E-state index contributed by atoms with van der Waals surface area (Å²) in [6.07, 6.45) is 7.03. The summed E-state index contributed by atoms with van der Waals surface area (Å²) in [6, 6.07) is 3.51. The van der Waals surface area contributed by atoms with Gasteiger partial charge in [-0.3, -0.25) is 9.59 Å². The summed E-state index contributed by atoms with van der Waals surface area (Å²) < 4.78 is 15.9. The molecule has 1 heterocycles. The number of unbranched alkanes of at least 4 members (excludes halogenated alkanes) is 1. The summed E-state index contributed by atoms with van der Waals surface area (Å²) in [7, 11) is 0. The second-order valence-corrected chi connectivity index (χ2v) is 6.98. The molecule has 5 heteroatoms. The van der Waals surface area contributed by atoms with Gasteiger partial charge in [0.1, 0.15) is 12.4 Å². The van der Waals surface area contributed by atoms with Gasteiger partial charge in [0.05, 0.1) is 24.7 Å². The zero-order valence-electron chi connectivity index (χ0n) is 16.7. The smallest absolute Gasteiger partial charge is 0.309 e. The molecular weight excluding hydrogens is 332 g/mol. The van der Waals surface area contributed by atoms with Crippen molar-refractivity contribution in [3.8, 4) is 0 Å². The van der Waals surface area contributed by atoms with Crippen LogP contribution in [0, 0.1) is 17.8 Å². The zero-order chi connectivity index (χ0) is 19.4. The monoisotopic (exact) mass is 366 g/mol. The Kier molecular flexibility index (Phi) is 10.7. The number of hydrogen-bond acceptors (Lipinski definition) is 5. The molecule has 1 aromatic rings. The summed E-state index contributed by atoms with van der Waals surface area (Å²) >= 11 is 0. The highest BCUT2D eigenvalue weighted by atomic mass is 16.5.